The summed E-state index contributed by atoms with van der Waals surface area (Å²) in [5, 5.41) is 14.0. The predicted molar refractivity (Wildman–Crippen MR) is 81.5 cm³/mol. The summed E-state index contributed by atoms with van der Waals surface area (Å²) in [6, 6.07) is 7.64. The van der Waals surface area contributed by atoms with Gasteiger partial charge in [0.25, 0.3) is 5.69 Å². The number of likely N-dealkylation sites (tertiary alicyclic amines) is 1. The molecule has 1 N–H and O–H groups in total. The molecule has 0 aromatic heterocycles. The molecule has 21 heavy (non-hydrogen) atoms. The summed E-state index contributed by atoms with van der Waals surface area (Å²) in [5.74, 6) is 0. The molecule has 6 nitrogen and oxygen atoms in total. The van der Waals surface area contributed by atoms with Crippen LogP contribution in [0.3, 0.4) is 0 Å². The quantitative estimate of drug-likeness (QED) is 0.640. The summed E-state index contributed by atoms with van der Waals surface area (Å²) in [6.07, 6.45) is 0.965. The first-order valence-corrected chi connectivity index (χ1v) is 7.63. The lowest BCUT2D eigenvalue weighted by atomic mass is 10.0. The van der Waals surface area contributed by atoms with E-state index in [9.17, 15) is 10.1 Å². The molecule has 0 saturated carbocycles. The number of nitrogens with zero attached hydrogens (tertiary/aromatic N) is 3. The van der Waals surface area contributed by atoms with Gasteiger partial charge in [0.15, 0.2) is 0 Å². The molecule has 2 heterocycles. The van der Waals surface area contributed by atoms with E-state index in [1.54, 1.807) is 12.1 Å². The monoisotopic (exact) mass is 290 g/mol. The van der Waals surface area contributed by atoms with Crippen LogP contribution in [-0.4, -0.2) is 66.6 Å². The summed E-state index contributed by atoms with van der Waals surface area (Å²) < 4.78 is 0. The van der Waals surface area contributed by atoms with E-state index in [2.05, 4.69) is 15.1 Å². The van der Waals surface area contributed by atoms with Crippen LogP contribution in [0.15, 0.2) is 24.3 Å². The smallest absolute Gasteiger partial charge is 0.269 e. The van der Waals surface area contributed by atoms with Gasteiger partial charge in [-0.05, 0) is 12.0 Å². The van der Waals surface area contributed by atoms with Crippen LogP contribution in [0.4, 0.5) is 5.69 Å². The van der Waals surface area contributed by atoms with Crippen LogP contribution < -0.4 is 5.32 Å². The number of nitro benzene ring substituents is 1. The van der Waals surface area contributed by atoms with Crippen LogP contribution >= 0.6 is 0 Å². The second kappa shape index (κ2) is 6.51. The average molecular weight is 290 g/mol. The van der Waals surface area contributed by atoms with Crippen molar-refractivity contribution >= 4 is 5.69 Å². The van der Waals surface area contributed by atoms with Crippen molar-refractivity contribution in [3.63, 3.8) is 0 Å². The van der Waals surface area contributed by atoms with Gasteiger partial charge in [-0.3, -0.25) is 19.9 Å². The highest BCUT2D eigenvalue weighted by Crippen LogP contribution is 2.17. The standard InChI is InChI=1S/C15H22N4O2/c20-19(21)14-3-1-13(2-4-14)5-8-17-11-15(12-17)18-9-6-16-7-10-18/h1-4,15-16H,5-12H2. The van der Waals surface area contributed by atoms with Gasteiger partial charge in [-0.15, -0.1) is 0 Å². The zero-order chi connectivity index (χ0) is 14.7. The molecule has 2 aliphatic rings. The maximum absolute atomic E-state index is 10.6. The molecule has 2 saturated heterocycles. The summed E-state index contributed by atoms with van der Waals surface area (Å²) in [6.45, 7) is 7.92. The molecular weight excluding hydrogens is 268 g/mol. The van der Waals surface area contributed by atoms with Crippen molar-refractivity contribution in [2.75, 3.05) is 45.8 Å². The second-order valence-electron chi connectivity index (χ2n) is 5.87. The molecule has 0 bridgehead atoms. The Labute approximate surface area is 124 Å². The summed E-state index contributed by atoms with van der Waals surface area (Å²) in [5.41, 5.74) is 1.34. The molecule has 0 radical (unpaired) electrons. The lowest BCUT2D eigenvalue weighted by Crippen LogP contribution is -2.62. The van der Waals surface area contributed by atoms with Crippen molar-refractivity contribution < 1.29 is 4.92 Å². The fourth-order valence-electron chi connectivity index (χ4n) is 3.07. The van der Waals surface area contributed by atoms with Crippen molar-refractivity contribution in [2.24, 2.45) is 0 Å². The average Bonchev–Trinajstić information content (AvgIpc) is 2.47. The Kier molecular flexibility index (Phi) is 4.48. The molecule has 6 heteroatoms. The first-order valence-electron chi connectivity index (χ1n) is 7.63. The van der Waals surface area contributed by atoms with Gasteiger partial charge in [-0.2, -0.15) is 0 Å². The molecular formula is C15H22N4O2. The minimum Gasteiger partial charge on any atom is -0.314 e. The molecule has 1 aromatic rings. The van der Waals surface area contributed by atoms with E-state index < -0.39 is 0 Å². The number of hydrogen-bond acceptors (Lipinski definition) is 5. The molecule has 0 aliphatic carbocycles. The lowest BCUT2D eigenvalue weighted by molar-refractivity contribution is -0.384. The van der Waals surface area contributed by atoms with Gasteiger partial charge in [-0.1, -0.05) is 12.1 Å². The molecule has 0 amide bonds. The van der Waals surface area contributed by atoms with Crippen molar-refractivity contribution in [2.45, 2.75) is 12.5 Å². The third-order valence-electron chi connectivity index (χ3n) is 4.47. The van der Waals surface area contributed by atoms with Crippen LogP contribution in [0.1, 0.15) is 5.56 Å². The highest BCUT2D eigenvalue weighted by atomic mass is 16.6. The Morgan fingerprint density at radius 2 is 1.86 bits per heavy atom. The van der Waals surface area contributed by atoms with Gasteiger partial charge in [0.05, 0.1) is 4.92 Å². The topological polar surface area (TPSA) is 61.7 Å². The maximum Gasteiger partial charge on any atom is 0.269 e. The van der Waals surface area contributed by atoms with Gasteiger partial charge >= 0.3 is 0 Å². The van der Waals surface area contributed by atoms with E-state index in [0.717, 1.165) is 45.2 Å². The van der Waals surface area contributed by atoms with Gasteiger partial charge in [0.1, 0.15) is 0 Å². The number of piperazine rings is 1. The molecule has 3 rings (SSSR count). The Morgan fingerprint density at radius 3 is 2.48 bits per heavy atom. The second-order valence-corrected chi connectivity index (χ2v) is 5.87. The normalized spacial score (nSPS) is 21.1. The largest absolute Gasteiger partial charge is 0.314 e. The maximum atomic E-state index is 10.6. The number of benzene rings is 1. The van der Waals surface area contributed by atoms with Crippen LogP contribution in [0.2, 0.25) is 0 Å². The van der Waals surface area contributed by atoms with Crippen LogP contribution in [-0.2, 0) is 6.42 Å². The van der Waals surface area contributed by atoms with E-state index in [4.69, 9.17) is 0 Å². The third kappa shape index (κ3) is 3.58. The summed E-state index contributed by atoms with van der Waals surface area (Å²) in [4.78, 5) is 15.3. The first kappa shape index (κ1) is 14.4. The van der Waals surface area contributed by atoms with Crippen LogP contribution in [0.25, 0.3) is 0 Å². The number of nitro groups is 1. The summed E-state index contributed by atoms with van der Waals surface area (Å²) >= 11 is 0. The fourth-order valence-corrected chi connectivity index (χ4v) is 3.07. The SMILES string of the molecule is O=[N+]([O-])c1ccc(CCN2CC(N3CCNCC3)C2)cc1. The number of rotatable bonds is 5. The van der Waals surface area contributed by atoms with Crippen molar-refractivity contribution in [1.82, 2.24) is 15.1 Å². The molecule has 2 aliphatic heterocycles. The number of hydrogen-bond donors (Lipinski definition) is 1. The van der Waals surface area contributed by atoms with Gasteiger partial charge in [-0.25, -0.2) is 0 Å². The molecule has 114 valence electrons. The summed E-state index contributed by atoms with van der Waals surface area (Å²) in [7, 11) is 0. The third-order valence-corrected chi connectivity index (χ3v) is 4.47. The van der Waals surface area contributed by atoms with Gasteiger partial charge in [0, 0.05) is 64.0 Å². The van der Waals surface area contributed by atoms with Crippen LogP contribution in [0.5, 0.6) is 0 Å². The van der Waals surface area contributed by atoms with E-state index in [-0.39, 0.29) is 10.6 Å². The minimum atomic E-state index is -0.350. The van der Waals surface area contributed by atoms with E-state index in [0.29, 0.717) is 0 Å². The Hall–Kier alpha value is -1.50. The highest BCUT2D eigenvalue weighted by molar-refractivity contribution is 5.32. The zero-order valence-electron chi connectivity index (χ0n) is 12.2. The molecule has 0 atom stereocenters. The molecule has 1 aromatic carbocycles. The number of non-ortho nitro benzene ring substituents is 1. The zero-order valence-corrected chi connectivity index (χ0v) is 12.2. The predicted octanol–water partition coefficient (Wildman–Crippen LogP) is 0.727. The van der Waals surface area contributed by atoms with Crippen LogP contribution in [0, 0.1) is 10.1 Å². The van der Waals surface area contributed by atoms with E-state index >= 15 is 0 Å². The van der Waals surface area contributed by atoms with Gasteiger partial charge in [0.2, 0.25) is 0 Å². The van der Waals surface area contributed by atoms with E-state index in [1.807, 2.05) is 12.1 Å². The molecule has 0 spiro atoms. The Bertz CT molecular complexity index is 479. The fraction of sp³-hybridized carbons (Fsp3) is 0.600. The van der Waals surface area contributed by atoms with Crippen molar-refractivity contribution in [1.29, 1.82) is 0 Å². The molecule has 2 fully saturated rings. The highest BCUT2D eigenvalue weighted by Gasteiger charge is 2.31. The molecule has 0 unspecified atom stereocenters. The van der Waals surface area contributed by atoms with Gasteiger partial charge < -0.3 is 5.32 Å². The lowest BCUT2D eigenvalue weighted by Gasteiger charge is -2.47. The van der Waals surface area contributed by atoms with Crippen molar-refractivity contribution in [3.8, 4) is 0 Å². The number of nitrogens with one attached hydrogen (secondary N) is 1. The van der Waals surface area contributed by atoms with Crippen molar-refractivity contribution in [3.05, 3.63) is 39.9 Å². The first-order chi connectivity index (χ1) is 10.2. The Balaban J connectivity index is 1.39. The Morgan fingerprint density at radius 1 is 1.19 bits per heavy atom. The van der Waals surface area contributed by atoms with E-state index in [1.165, 1.54) is 18.7 Å². The minimum absolute atomic E-state index is 0.168.